The maximum Gasteiger partial charge on any atom is 0.417 e. The highest BCUT2D eigenvalue weighted by molar-refractivity contribution is 7.91. The standard InChI is InChI=1S/C25H33F5N4O7S/c1-8-24(26,27)14-40-21-32-18(19(33(21)7)42(37,38)10-3)34(22(36)41-23(4,5)6)13-17-16(20(35)39-9-2)11-15(12-31-17)25(28,29)30/h11-12H,8-10,13-14H2,1-7H3. The van der Waals surface area contributed by atoms with Gasteiger partial charge in [-0.15, -0.1) is 0 Å². The van der Waals surface area contributed by atoms with Crippen LogP contribution in [0.15, 0.2) is 17.3 Å². The number of rotatable bonds is 11. The van der Waals surface area contributed by atoms with Crippen molar-refractivity contribution >= 4 is 27.7 Å². The molecule has 11 nitrogen and oxygen atoms in total. The number of carbonyl (C=O) groups is 2. The molecule has 0 radical (unpaired) electrons. The molecule has 0 aliphatic carbocycles. The first-order valence-corrected chi connectivity index (χ1v) is 14.4. The second kappa shape index (κ2) is 12.8. The summed E-state index contributed by atoms with van der Waals surface area (Å²) in [5.74, 6) is -5.64. The van der Waals surface area contributed by atoms with E-state index in [0.29, 0.717) is 17.2 Å². The van der Waals surface area contributed by atoms with Crippen LogP contribution in [-0.2, 0) is 39.1 Å². The van der Waals surface area contributed by atoms with E-state index in [-0.39, 0.29) is 6.61 Å². The van der Waals surface area contributed by atoms with Crippen molar-refractivity contribution in [1.29, 1.82) is 0 Å². The number of hydrogen-bond donors (Lipinski definition) is 0. The normalized spacial score (nSPS) is 12.7. The predicted octanol–water partition coefficient (Wildman–Crippen LogP) is 5.17. The molecule has 2 heterocycles. The van der Waals surface area contributed by atoms with E-state index in [1.807, 2.05) is 0 Å². The van der Waals surface area contributed by atoms with Gasteiger partial charge in [-0.1, -0.05) is 13.8 Å². The number of ether oxygens (including phenoxy) is 3. The van der Waals surface area contributed by atoms with Crippen molar-refractivity contribution in [3.05, 3.63) is 29.1 Å². The zero-order valence-electron chi connectivity index (χ0n) is 24.1. The Morgan fingerprint density at radius 3 is 2.19 bits per heavy atom. The van der Waals surface area contributed by atoms with Crippen molar-refractivity contribution in [2.24, 2.45) is 7.05 Å². The molecule has 0 fully saturated rings. The van der Waals surface area contributed by atoms with Gasteiger partial charge in [0, 0.05) is 19.7 Å². The monoisotopic (exact) mass is 628 g/mol. The minimum absolute atomic E-state index is 0.202. The average Bonchev–Trinajstić information content (AvgIpc) is 3.20. The van der Waals surface area contributed by atoms with E-state index in [4.69, 9.17) is 14.2 Å². The van der Waals surface area contributed by atoms with Crippen molar-refractivity contribution in [2.45, 2.75) is 77.2 Å². The topological polar surface area (TPSA) is 130 Å². The smallest absolute Gasteiger partial charge is 0.417 e. The quantitative estimate of drug-likeness (QED) is 0.244. The number of alkyl halides is 5. The Morgan fingerprint density at radius 2 is 1.69 bits per heavy atom. The van der Waals surface area contributed by atoms with Crippen LogP contribution in [0.3, 0.4) is 0 Å². The van der Waals surface area contributed by atoms with Gasteiger partial charge in [0.1, 0.15) is 5.60 Å². The number of halogens is 5. The van der Waals surface area contributed by atoms with Gasteiger partial charge in [0.2, 0.25) is 0 Å². The maximum atomic E-state index is 13.9. The highest BCUT2D eigenvalue weighted by atomic mass is 32.2. The molecular formula is C25H33F5N4O7S. The van der Waals surface area contributed by atoms with E-state index < -0.39 is 98.6 Å². The molecule has 2 aromatic rings. The zero-order chi connectivity index (χ0) is 32.3. The highest BCUT2D eigenvalue weighted by Gasteiger charge is 2.38. The summed E-state index contributed by atoms with van der Waals surface area (Å²) >= 11 is 0. The van der Waals surface area contributed by atoms with Crippen molar-refractivity contribution in [1.82, 2.24) is 14.5 Å². The van der Waals surface area contributed by atoms with Gasteiger partial charge in [0.15, 0.2) is 27.3 Å². The van der Waals surface area contributed by atoms with Crippen LogP contribution < -0.4 is 9.64 Å². The molecule has 0 aromatic carbocycles. The van der Waals surface area contributed by atoms with E-state index in [2.05, 4.69) is 9.97 Å². The summed E-state index contributed by atoms with van der Waals surface area (Å²) < 4.78 is 111. The molecule has 0 atom stereocenters. The van der Waals surface area contributed by atoms with Gasteiger partial charge in [-0.3, -0.25) is 14.5 Å². The molecule has 236 valence electrons. The van der Waals surface area contributed by atoms with Crippen molar-refractivity contribution in [3.63, 3.8) is 0 Å². The molecular weight excluding hydrogens is 595 g/mol. The van der Waals surface area contributed by atoms with Crippen LogP contribution in [0.5, 0.6) is 6.01 Å². The fraction of sp³-hybridized carbons (Fsp3) is 0.600. The Hall–Kier alpha value is -3.50. The predicted molar refractivity (Wildman–Crippen MR) is 139 cm³/mol. The van der Waals surface area contributed by atoms with Crippen LogP contribution in [0.25, 0.3) is 0 Å². The number of amides is 1. The third kappa shape index (κ3) is 8.51. The number of aromatic nitrogens is 3. The zero-order valence-corrected chi connectivity index (χ0v) is 25.0. The van der Waals surface area contributed by atoms with Gasteiger partial charge in [-0.2, -0.15) is 18.2 Å². The van der Waals surface area contributed by atoms with E-state index in [1.165, 1.54) is 41.5 Å². The number of hydrogen-bond acceptors (Lipinski definition) is 9. The Bertz CT molecular complexity index is 1400. The molecule has 0 spiro atoms. The lowest BCUT2D eigenvalue weighted by Gasteiger charge is -2.27. The summed E-state index contributed by atoms with van der Waals surface area (Å²) in [5, 5.41) is -0.629. The summed E-state index contributed by atoms with van der Waals surface area (Å²) in [6.45, 7) is 6.20. The lowest BCUT2D eigenvalue weighted by molar-refractivity contribution is -0.137. The number of carbonyl (C=O) groups excluding carboxylic acids is 2. The SMILES string of the molecule is CCOC(=O)c1cc(C(F)(F)F)cnc1CN(C(=O)OC(C)(C)C)c1nc(OCC(F)(F)CC)n(C)c1S(=O)(=O)CC. The Kier molecular flexibility index (Phi) is 10.6. The first kappa shape index (κ1) is 34.7. The van der Waals surface area contributed by atoms with Crippen LogP contribution >= 0.6 is 0 Å². The van der Waals surface area contributed by atoms with Crippen LogP contribution in [0.2, 0.25) is 0 Å². The van der Waals surface area contributed by atoms with Crippen molar-refractivity contribution in [2.75, 3.05) is 23.9 Å². The largest absolute Gasteiger partial charge is 0.462 e. The molecule has 42 heavy (non-hydrogen) atoms. The van der Waals surface area contributed by atoms with Crippen LogP contribution in [0, 0.1) is 0 Å². The molecule has 0 aliphatic rings. The summed E-state index contributed by atoms with van der Waals surface area (Å²) in [6.07, 6.45) is -6.28. The Labute approximate surface area is 239 Å². The molecule has 0 saturated carbocycles. The highest BCUT2D eigenvalue weighted by Crippen LogP contribution is 2.34. The van der Waals surface area contributed by atoms with Gasteiger partial charge in [0.25, 0.3) is 11.9 Å². The number of imidazole rings is 1. The summed E-state index contributed by atoms with van der Waals surface area (Å²) in [7, 11) is -3.09. The van der Waals surface area contributed by atoms with Crippen molar-refractivity contribution in [3.8, 4) is 6.01 Å². The van der Waals surface area contributed by atoms with Gasteiger partial charge in [-0.05, 0) is 33.8 Å². The molecule has 17 heteroatoms. The Morgan fingerprint density at radius 1 is 1.07 bits per heavy atom. The van der Waals surface area contributed by atoms with E-state index in [9.17, 15) is 40.0 Å². The van der Waals surface area contributed by atoms with Gasteiger partial charge >= 0.3 is 18.2 Å². The number of esters is 1. The fourth-order valence-electron chi connectivity index (χ4n) is 3.36. The minimum Gasteiger partial charge on any atom is -0.462 e. The molecule has 1 amide bonds. The number of anilines is 1. The van der Waals surface area contributed by atoms with Gasteiger partial charge in [-0.25, -0.2) is 26.8 Å². The second-order valence-corrected chi connectivity index (χ2v) is 12.2. The van der Waals surface area contributed by atoms with Crippen LogP contribution in [0.1, 0.15) is 69.6 Å². The van der Waals surface area contributed by atoms with Crippen molar-refractivity contribution < 1.29 is 54.2 Å². The molecule has 0 saturated heterocycles. The molecule has 0 bridgehead atoms. The van der Waals surface area contributed by atoms with Crippen LogP contribution in [-0.4, -0.2) is 65.5 Å². The number of sulfone groups is 1. The third-order valence-electron chi connectivity index (χ3n) is 5.56. The molecule has 0 aliphatic heterocycles. The maximum absolute atomic E-state index is 13.9. The van der Waals surface area contributed by atoms with E-state index in [0.717, 1.165) is 11.6 Å². The lowest BCUT2D eigenvalue weighted by atomic mass is 10.1. The first-order chi connectivity index (χ1) is 19.2. The molecule has 0 N–H and O–H groups in total. The number of nitrogens with zero attached hydrogens (tertiary/aromatic N) is 4. The summed E-state index contributed by atoms with van der Waals surface area (Å²) in [5.41, 5.74) is -3.51. The fourth-order valence-corrected chi connectivity index (χ4v) is 4.57. The lowest BCUT2D eigenvalue weighted by Crippen LogP contribution is -2.38. The first-order valence-electron chi connectivity index (χ1n) is 12.7. The Balaban J connectivity index is 2.83. The minimum atomic E-state index is -4.88. The van der Waals surface area contributed by atoms with E-state index in [1.54, 1.807) is 0 Å². The molecule has 2 rings (SSSR count). The van der Waals surface area contributed by atoms with Gasteiger partial charge in [0.05, 0.1) is 35.7 Å². The average molecular weight is 629 g/mol. The second-order valence-electron chi connectivity index (χ2n) is 9.99. The van der Waals surface area contributed by atoms with Gasteiger partial charge < -0.3 is 14.2 Å². The number of pyridine rings is 1. The third-order valence-corrected chi connectivity index (χ3v) is 7.36. The molecule has 2 aromatic heterocycles. The van der Waals surface area contributed by atoms with E-state index >= 15 is 0 Å². The molecule has 0 unspecified atom stereocenters. The van der Waals surface area contributed by atoms with Crippen LogP contribution in [0.4, 0.5) is 32.6 Å². The summed E-state index contributed by atoms with van der Waals surface area (Å²) in [6, 6.07) is -0.110. The summed E-state index contributed by atoms with van der Waals surface area (Å²) in [4.78, 5) is 34.4.